The molecule has 0 aliphatic carbocycles. The van der Waals surface area contributed by atoms with Gasteiger partial charge >= 0.3 is 0 Å². The summed E-state index contributed by atoms with van der Waals surface area (Å²) in [5.74, 6) is 0.664. The van der Waals surface area contributed by atoms with Gasteiger partial charge in [-0.15, -0.1) is 4.73 Å². The first-order valence-electron chi connectivity index (χ1n) is 4.86. The van der Waals surface area contributed by atoms with E-state index in [1.165, 1.54) is 4.73 Å². The van der Waals surface area contributed by atoms with E-state index >= 15 is 0 Å². The molecule has 2 aromatic heterocycles. The van der Waals surface area contributed by atoms with Crippen LogP contribution in [0.25, 0.3) is 11.0 Å². The molecule has 0 bridgehead atoms. The molecule has 0 saturated heterocycles. The van der Waals surface area contributed by atoms with Gasteiger partial charge in [0.05, 0.1) is 5.39 Å². The molecule has 0 fully saturated rings. The Hall–Kier alpha value is -1.91. The number of nitrogens with zero attached hydrogens (tertiary/aromatic N) is 3. The minimum atomic E-state index is -0.164. The van der Waals surface area contributed by atoms with Crippen LogP contribution in [0.5, 0.6) is 0 Å². The van der Waals surface area contributed by atoms with E-state index in [4.69, 9.17) is 4.84 Å². The number of aromatic nitrogens is 3. The number of hydrogen-bond acceptors (Lipinski definition) is 4. The largest absolute Gasteiger partial charge is 0.409 e. The number of fused-ring (bicyclic) bond motifs is 2. The highest BCUT2D eigenvalue weighted by atomic mass is 16.7. The minimum Gasteiger partial charge on any atom is -0.409 e. The Balaban J connectivity index is 2.41. The summed E-state index contributed by atoms with van der Waals surface area (Å²) in [4.78, 5) is 25.6. The molecule has 0 N–H and O–H groups in total. The molecule has 0 spiro atoms. The third kappa shape index (κ3) is 1.20. The summed E-state index contributed by atoms with van der Waals surface area (Å²) in [5.41, 5.74) is 0.335. The van der Waals surface area contributed by atoms with Crippen LogP contribution < -0.4 is 10.4 Å². The molecule has 0 aromatic carbocycles. The first-order valence-corrected chi connectivity index (χ1v) is 4.86. The molecule has 15 heavy (non-hydrogen) atoms. The molecular weight excluding hydrogens is 194 g/mol. The van der Waals surface area contributed by atoms with E-state index in [0.29, 0.717) is 23.5 Å². The molecule has 0 atom stereocenters. The Morgan fingerprint density at radius 2 is 2.40 bits per heavy atom. The average Bonchev–Trinajstić information content (AvgIpc) is 2.30. The van der Waals surface area contributed by atoms with E-state index in [1.807, 2.05) is 0 Å². The predicted octanol–water partition coefficient (Wildman–Crippen LogP) is 0.166. The molecule has 0 unspecified atom stereocenters. The fourth-order valence-electron chi connectivity index (χ4n) is 1.72. The summed E-state index contributed by atoms with van der Waals surface area (Å²) >= 11 is 0. The van der Waals surface area contributed by atoms with Crippen LogP contribution in [0.2, 0.25) is 0 Å². The van der Waals surface area contributed by atoms with Gasteiger partial charge in [-0.05, 0) is 18.6 Å². The highest BCUT2D eigenvalue weighted by Gasteiger charge is 2.15. The van der Waals surface area contributed by atoms with E-state index in [9.17, 15) is 4.79 Å². The smallest absolute Gasteiger partial charge is 0.295 e. The maximum Gasteiger partial charge on any atom is 0.295 e. The van der Waals surface area contributed by atoms with Gasteiger partial charge in [0.15, 0.2) is 11.5 Å². The lowest BCUT2D eigenvalue weighted by Crippen LogP contribution is -2.35. The summed E-state index contributed by atoms with van der Waals surface area (Å²) < 4.78 is 1.29. The number of hydrogen-bond donors (Lipinski definition) is 0. The quantitative estimate of drug-likeness (QED) is 0.612. The van der Waals surface area contributed by atoms with Crippen LogP contribution in [-0.4, -0.2) is 21.3 Å². The molecule has 3 rings (SSSR count). The Labute approximate surface area is 85.3 Å². The van der Waals surface area contributed by atoms with Crippen LogP contribution in [-0.2, 0) is 6.42 Å². The molecule has 0 amide bonds. The third-order valence-corrected chi connectivity index (χ3v) is 2.44. The average molecular weight is 203 g/mol. The van der Waals surface area contributed by atoms with Crippen molar-refractivity contribution < 1.29 is 4.84 Å². The molecule has 3 heterocycles. The van der Waals surface area contributed by atoms with Crippen LogP contribution in [0.1, 0.15) is 12.2 Å². The first-order chi connectivity index (χ1) is 7.36. The van der Waals surface area contributed by atoms with Crippen molar-refractivity contribution in [3.05, 3.63) is 34.5 Å². The lowest BCUT2D eigenvalue weighted by Gasteiger charge is -2.17. The van der Waals surface area contributed by atoms with Gasteiger partial charge in [-0.2, -0.15) is 0 Å². The second-order valence-corrected chi connectivity index (χ2v) is 3.44. The van der Waals surface area contributed by atoms with E-state index in [2.05, 4.69) is 9.97 Å². The van der Waals surface area contributed by atoms with Crippen molar-refractivity contribution in [3.63, 3.8) is 0 Å². The van der Waals surface area contributed by atoms with E-state index < -0.39 is 0 Å². The van der Waals surface area contributed by atoms with Crippen molar-refractivity contribution in [1.82, 2.24) is 14.7 Å². The fraction of sp³-hybridized carbons (Fsp3) is 0.300. The van der Waals surface area contributed by atoms with Crippen molar-refractivity contribution >= 4 is 11.0 Å². The number of rotatable bonds is 0. The summed E-state index contributed by atoms with van der Waals surface area (Å²) in [6.07, 6.45) is 3.29. The molecule has 1 aliphatic rings. The zero-order valence-electron chi connectivity index (χ0n) is 8.01. The van der Waals surface area contributed by atoms with Crippen LogP contribution in [0.3, 0.4) is 0 Å². The predicted molar refractivity (Wildman–Crippen MR) is 53.6 cm³/mol. The zero-order valence-corrected chi connectivity index (χ0v) is 8.01. The van der Waals surface area contributed by atoms with Gasteiger partial charge in [0.2, 0.25) is 0 Å². The van der Waals surface area contributed by atoms with Crippen molar-refractivity contribution in [2.75, 3.05) is 6.61 Å². The molecule has 76 valence electrons. The van der Waals surface area contributed by atoms with Crippen LogP contribution in [0, 0.1) is 0 Å². The van der Waals surface area contributed by atoms with Crippen LogP contribution in [0.15, 0.2) is 23.1 Å². The Bertz CT molecular complexity index is 576. The lowest BCUT2D eigenvalue weighted by atomic mass is 10.2. The summed E-state index contributed by atoms with van der Waals surface area (Å²) in [5, 5.41) is 0.503. The lowest BCUT2D eigenvalue weighted by molar-refractivity contribution is 0.0706. The fourth-order valence-corrected chi connectivity index (χ4v) is 1.72. The normalized spacial score (nSPS) is 14.7. The number of pyridine rings is 1. The molecule has 1 aliphatic heterocycles. The molecule has 5 heteroatoms. The Morgan fingerprint density at radius 3 is 3.33 bits per heavy atom. The Kier molecular flexibility index (Phi) is 1.71. The summed E-state index contributed by atoms with van der Waals surface area (Å²) in [6, 6.07) is 3.43. The van der Waals surface area contributed by atoms with Crippen molar-refractivity contribution in [2.24, 2.45) is 0 Å². The van der Waals surface area contributed by atoms with Gasteiger partial charge in [-0.25, -0.2) is 9.97 Å². The van der Waals surface area contributed by atoms with Crippen LogP contribution >= 0.6 is 0 Å². The van der Waals surface area contributed by atoms with Crippen molar-refractivity contribution in [2.45, 2.75) is 12.8 Å². The van der Waals surface area contributed by atoms with E-state index in [-0.39, 0.29) is 5.56 Å². The molecule has 5 nitrogen and oxygen atoms in total. The summed E-state index contributed by atoms with van der Waals surface area (Å²) in [6.45, 7) is 0.570. The maximum atomic E-state index is 11.9. The topological polar surface area (TPSA) is 57.0 Å². The maximum absolute atomic E-state index is 11.9. The molecule has 0 saturated carbocycles. The van der Waals surface area contributed by atoms with Crippen molar-refractivity contribution in [3.8, 4) is 0 Å². The zero-order chi connectivity index (χ0) is 10.3. The van der Waals surface area contributed by atoms with Gasteiger partial charge < -0.3 is 4.84 Å². The number of aryl methyl sites for hydroxylation is 1. The molecular formula is C10H9N3O2. The summed E-state index contributed by atoms with van der Waals surface area (Å²) in [7, 11) is 0. The van der Waals surface area contributed by atoms with Gasteiger partial charge in [-0.1, -0.05) is 0 Å². The molecule has 2 aromatic rings. The second kappa shape index (κ2) is 3.05. The first kappa shape index (κ1) is 8.40. The highest BCUT2D eigenvalue weighted by molar-refractivity contribution is 5.72. The molecule has 0 radical (unpaired) electrons. The van der Waals surface area contributed by atoms with E-state index in [0.717, 1.165) is 12.8 Å². The van der Waals surface area contributed by atoms with Gasteiger partial charge in [0.25, 0.3) is 5.56 Å². The van der Waals surface area contributed by atoms with Crippen LogP contribution in [0.4, 0.5) is 0 Å². The monoisotopic (exact) mass is 203 g/mol. The van der Waals surface area contributed by atoms with Gasteiger partial charge in [0.1, 0.15) is 6.61 Å². The standard InChI is InChI=1S/C10H9N3O2/c14-10-7-3-1-5-11-9(7)12-8-4-2-6-15-13(8)10/h1,3,5H,2,4,6H2. The van der Waals surface area contributed by atoms with E-state index in [1.54, 1.807) is 18.3 Å². The second-order valence-electron chi connectivity index (χ2n) is 3.44. The van der Waals surface area contributed by atoms with Gasteiger partial charge in [0, 0.05) is 12.6 Å². The van der Waals surface area contributed by atoms with Crippen molar-refractivity contribution in [1.29, 1.82) is 0 Å². The minimum absolute atomic E-state index is 0.164. The SMILES string of the molecule is O=c1c2cccnc2nc2n1OCCC2. The highest BCUT2D eigenvalue weighted by Crippen LogP contribution is 2.08. The Morgan fingerprint density at radius 1 is 1.47 bits per heavy atom. The van der Waals surface area contributed by atoms with Gasteiger partial charge in [-0.3, -0.25) is 4.79 Å². The third-order valence-electron chi connectivity index (χ3n) is 2.44.